The van der Waals surface area contributed by atoms with E-state index in [2.05, 4.69) is 50.3 Å². The summed E-state index contributed by atoms with van der Waals surface area (Å²) in [7, 11) is 0. The zero-order valence-electron chi connectivity index (χ0n) is 20.5. The first kappa shape index (κ1) is 24.6. The van der Waals surface area contributed by atoms with E-state index in [1.807, 2.05) is 0 Å². The van der Waals surface area contributed by atoms with Gasteiger partial charge >= 0.3 is 0 Å². The molecule has 0 unspecified atom stereocenters. The predicted octanol–water partition coefficient (Wildman–Crippen LogP) is 9.22. The molecular weight excluding hydrogens is 376 g/mol. The average molecular weight is 425 g/mol. The SMILES string of the molecule is CC=CC[C@H]1CC[C@H](CC[C@H]2CC[C@H](c3ccc(COCCCCC)cc3)CC2)CC1. The standard InChI is InChI=1S/C30H48O/c1-3-5-7-23-31-24-28-17-21-30(22-18-28)29-19-15-27(16-20-29)14-13-26-11-9-25(10-12-26)8-6-4-2/h4,6,17-18,21-22,25-27,29H,3,5,7-16,19-20,23-24H2,1-2H3/t25-,26-,27-,29-. The molecule has 1 heteroatoms. The molecule has 0 spiro atoms. The quantitative estimate of drug-likeness (QED) is 0.240. The highest BCUT2D eigenvalue weighted by molar-refractivity contribution is 5.25. The largest absolute Gasteiger partial charge is 0.377 e. The summed E-state index contributed by atoms with van der Waals surface area (Å²) >= 11 is 0. The number of allylic oxidation sites excluding steroid dienone is 2. The molecule has 0 radical (unpaired) electrons. The Balaban J connectivity index is 1.30. The van der Waals surface area contributed by atoms with Crippen molar-refractivity contribution in [3.8, 4) is 0 Å². The van der Waals surface area contributed by atoms with Crippen LogP contribution in [0.1, 0.15) is 121 Å². The van der Waals surface area contributed by atoms with Crippen LogP contribution >= 0.6 is 0 Å². The summed E-state index contributed by atoms with van der Waals surface area (Å²) < 4.78 is 5.82. The highest BCUT2D eigenvalue weighted by Gasteiger charge is 2.25. The monoisotopic (exact) mass is 424 g/mol. The Morgan fingerprint density at radius 2 is 1.42 bits per heavy atom. The summed E-state index contributed by atoms with van der Waals surface area (Å²) in [6.45, 7) is 6.07. The smallest absolute Gasteiger partial charge is 0.0716 e. The molecule has 2 aliphatic rings. The average Bonchev–Trinajstić information content (AvgIpc) is 2.83. The molecule has 0 aromatic heterocycles. The minimum atomic E-state index is 0.772. The molecule has 0 atom stereocenters. The molecule has 0 bridgehead atoms. The summed E-state index contributed by atoms with van der Waals surface area (Å²) in [6, 6.07) is 9.35. The third-order valence-corrected chi connectivity index (χ3v) is 8.11. The molecule has 1 nitrogen and oxygen atoms in total. The first-order chi connectivity index (χ1) is 15.3. The summed E-state index contributed by atoms with van der Waals surface area (Å²) in [5.41, 5.74) is 2.89. The van der Waals surface area contributed by atoms with Crippen molar-refractivity contribution in [3.63, 3.8) is 0 Å². The number of ether oxygens (including phenoxy) is 1. The van der Waals surface area contributed by atoms with E-state index in [0.717, 1.165) is 36.9 Å². The second kappa shape index (κ2) is 14.1. The van der Waals surface area contributed by atoms with Crippen molar-refractivity contribution in [1.29, 1.82) is 0 Å². The van der Waals surface area contributed by atoms with Crippen LogP contribution < -0.4 is 0 Å². The molecular formula is C30H48O. The third kappa shape index (κ3) is 8.76. The van der Waals surface area contributed by atoms with Crippen molar-refractivity contribution in [1.82, 2.24) is 0 Å². The highest BCUT2D eigenvalue weighted by Crippen LogP contribution is 2.40. The molecule has 2 fully saturated rings. The molecule has 0 saturated heterocycles. The number of hydrogen-bond donors (Lipinski definition) is 0. The Labute approximate surface area is 193 Å². The second-order valence-corrected chi connectivity index (χ2v) is 10.5. The van der Waals surface area contributed by atoms with Gasteiger partial charge in [-0.25, -0.2) is 0 Å². The van der Waals surface area contributed by atoms with Gasteiger partial charge in [-0.3, -0.25) is 0 Å². The van der Waals surface area contributed by atoms with Crippen molar-refractivity contribution < 1.29 is 4.74 Å². The number of rotatable bonds is 12. The minimum absolute atomic E-state index is 0.772. The second-order valence-electron chi connectivity index (χ2n) is 10.5. The summed E-state index contributed by atoms with van der Waals surface area (Å²) in [4.78, 5) is 0. The lowest BCUT2D eigenvalue weighted by atomic mass is 9.74. The Morgan fingerprint density at radius 1 is 0.806 bits per heavy atom. The maximum Gasteiger partial charge on any atom is 0.0716 e. The van der Waals surface area contributed by atoms with Crippen molar-refractivity contribution >= 4 is 0 Å². The van der Waals surface area contributed by atoms with E-state index in [-0.39, 0.29) is 0 Å². The molecule has 0 heterocycles. The molecule has 0 N–H and O–H groups in total. The van der Waals surface area contributed by atoms with E-state index in [4.69, 9.17) is 4.74 Å². The van der Waals surface area contributed by atoms with Crippen molar-refractivity contribution in [3.05, 3.63) is 47.5 Å². The first-order valence-corrected chi connectivity index (χ1v) is 13.6. The van der Waals surface area contributed by atoms with Gasteiger partial charge in [-0.15, -0.1) is 0 Å². The maximum absolute atomic E-state index is 5.82. The van der Waals surface area contributed by atoms with Crippen LogP contribution in [-0.4, -0.2) is 6.61 Å². The van der Waals surface area contributed by atoms with E-state index in [1.165, 1.54) is 95.5 Å². The van der Waals surface area contributed by atoms with Gasteiger partial charge in [-0.05, 0) is 93.1 Å². The van der Waals surface area contributed by atoms with Crippen LogP contribution in [0, 0.1) is 17.8 Å². The van der Waals surface area contributed by atoms with Crippen molar-refractivity contribution in [2.75, 3.05) is 6.61 Å². The first-order valence-electron chi connectivity index (χ1n) is 13.6. The third-order valence-electron chi connectivity index (χ3n) is 8.11. The number of benzene rings is 1. The van der Waals surface area contributed by atoms with Crippen LogP contribution in [0.3, 0.4) is 0 Å². The van der Waals surface area contributed by atoms with E-state index in [1.54, 1.807) is 5.56 Å². The van der Waals surface area contributed by atoms with E-state index in [0.29, 0.717) is 0 Å². The fraction of sp³-hybridized carbons (Fsp3) is 0.733. The zero-order chi connectivity index (χ0) is 21.7. The molecule has 3 rings (SSSR count). The molecule has 0 aliphatic heterocycles. The fourth-order valence-electron chi connectivity index (χ4n) is 5.87. The topological polar surface area (TPSA) is 9.23 Å². The van der Waals surface area contributed by atoms with Gasteiger partial charge in [0.2, 0.25) is 0 Å². The van der Waals surface area contributed by atoms with Gasteiger partial charge in [0, 0.05) is 6.61 Å². The molecule has 174 valence electrons. The van der Waals surface area contributed by atoms with Crippen LogP contribution in [0.5, 0.6) is 0 Å². The summed E-state index contributed by atoms with van der Waals surface area (Å²) in [5.74, 6) is 3.78. The lowest BCUT2D eigenvalue weighted by Gasteiger charge is -2.32. The van der Waals surface area contributed by atoms with Crippen LogP contribution in [0.25, 0.3) is 0 Å². The predicted molar refractivity (Wildman–Crippen MR) is 134 cm³/mol. The summed E-state index contributed by atoms with van der Waals surface area (Å²) in [5, 5.41) is 0. The van der Waals surface area contributed by atoms with E-state index >= 15 is 0 Å². The Bertz CT molecular complexity index is 600. The van der Waals surface area contributed by atoms with Crippen LogP contribution in [0.2, 0.25) is 0 Å². The van der Waals surface area contributed by atoms with Crippen LogP contribution in [-0.2, 0) is 11.3 Å². The van der Waals surface area contributed by atoms with Gasteiger partial charge in [-0.2, -0.15) is 0 Å². The Morgan fingerprint density at radius 3 is 2.03 bits per heavy atom. The van der Waals surface area contributed by atoms with Gasteiger partial charge in [0.15, 0.2) is 0 Å². The molecule has 0 amide bonds. The van der Waals surface area contributed by atoms with Crippen molar-refractivity contribution in [2.45, 2.75) is 116 Å². The van der Waals surface area contributed by atoms with Gasteiger partial charge in [0.1, 0.15) is 0 Å². The van der Waals surface area contributed by atoms with Gasteiger partial charge in [0.25, 0.3) is 0 Å². The van der Waals surface area contributed by atoms with Crippen LogP contribution in [0.4, 0.5) is 0 Å². The zero-order valence-corrected chi connectivity index (χ0v) is 20.5. The maximum atomic E-state index is 5.82. The van der Waals surface area contributed by atoms with E-state index in [9.17, 15) is 0 Å². The van der Waals surface area contributed by atoms with Crippen molar-refractivity contribution in [2.24, 2.45) is 17.8 Å². The molecule has 31 heavy (non-hydrogen) atoms. The summed E-state index contributed by atoms with van der Waals surface area (Å²) in [6.07, 6.45) is 24.3. The lowest BCUT2D eigenvalue weighted by molar-refractivity contribution is 0.117. The number of unbranched alkanes of at least 4 members (excludes halogenated alkanes) is 2. The van der Waals surface area contributed by atoms with Gasteiger partial charge < -0.3 is 4.74 Å². The Kier molecular flexibility index (Phi) is 11.2. The molecule has 1 aromatic rings. The molecule has 1 aromatic carbocycles. The highest BCUT2D eigenvalue weighted by atomic mass is 16.5. The van der Waals surface area contributed by atoms with Gasteiger partial charge in [0.05, 0.1) is 6.61 Å². The lowest BCUT2D eigenvalue weighted by Crippen LogP contribution is -2.17. The normalized spacial score (nSPS) is 27.0. The number of hydrogen-bond acceptors (Lipinski definition) is 1. The van der Waals surface area contributed by atoms with Gasteiger partial charge in [-0.1, -0.05) is 81.9 Å². The van der Waals surface area contributed by atoms with Crippen LogP contribution in [0.15, 0.2) is 36.4 Å². The minimum Gasteiger partial charge on any atom is -0.377 e. The molecule has 2 saturated carbocycles. The fourth-order valence-corrected chi connectivity index (χ4v) is 5.87. The Hall–Kier alpha value is -1.08. The molecule has 2 aliphatic carbocycles. The van der Waals surface area contributed by atoms with E-state index < -0.39 is 0 Å².